The number of sulfonamides is 1. The lowest BCUT2D eigenvalue weighted by Gasteiger charge is -2.24. The Bertz CT molecular complexity index is 542. The first kappa shape index (κ1) is 12.9. The van der Waals surface area contributed by atoms with Crippen molar-refractivity contribution in [3.63, 3.8) is 0 Å². The summed E-state index contributed by atoms with van der Waals surface area (Å²) in [4.78, 5) is 3.92. The molecule has 0 aromatic carbocycles. The highest BCUT2D eigenvalue weighted by atomic mass is 32.2. The van der Waals surface area contributed by atoms with Crippen molar-refractivity contribution >= 4 is 37.3 Å². The van der Waals surface area contributed by atoms with Crippen LogP contribution in [0.5, 0.6) is 0 Å². The molecule has 6 nitrogen and oxygen atoms in total. The van der Waals surface area contributed by atoms with Crippen LogP contribution in [0.25, 0.3) is 0 Å². The molecule has 9 heteroatoms. The second-order valence-corrected chi connectivity index (χ2v) is 8.54. The van der Waals surface area contributed by atoms with E-state index in [0.29, 0.717) is 30.3 Å². The number of anilines is 1. The van der Waals surface area contributed by atoms with Crippen LogP contribution >= 0.6 is 11.3 Å². The van der Waals surface area contributed by atoms with E-state index in [4.69, 9.17) is 5.73 Å². The van der Waals surface area contributed by atoms with Crippen LogP contribution in [0.2, 0.25) is 0 Å². The number of rotatable bonds is 2. The SMILES string of the molecule is Cc1nc(N)sc1S(=O)(=O)N1CCS(=O)CC1. The zero-order chi connectivity index (χ0) is 12.6. The van der Waals surface area contributed by atoms with Crippen LogP contribution < -0.4 is 5.73 Å². The largest absolute Gasteiger partial charge is 0.375 e. The number of nitrogens with zero attached hydrogens (tertiary/aromatic N) is 2. The van der Waals surface area contributed by atoms with Gasteiger partial charge in [0, 0.05) is 35.4 Å². The predicted octanol–water partition coefficient (Wildman–Crippen LogP) is -0.213. The third-order valence-corrected chi connectivity index (χ3v) is 7.23. The first-order valence-corrected chi connectivity index (χ1v) is 8.74. The minimum absolute atomic E-state index is 0.197. The van der Waals surface area contributed by atoms with Crippen LogP contribution in [0.1, 0.15) is 5.69 Å². The fourth-order valence-electron chi connectivity index (χ4n) is 1.62. The van der Waals surface area contributed by atoms with Gasteiger partial charge in [-0.25, -0.2) is 13.4 Å². The van der Waals surface area contributed by atoms with Gasteiger partial charge in [0.2, 0.25) is 0 Å². The second-order valence-electron chi connectivity index (χ2n) is 3.68. The van der Waals surface area contributed by atoms with E-state index >= 15 is 0 Å². The number of nitrogen functional groups attached to an aromatic ring is 1. The summed E-state index contributed by atoms with van der Waals surface area (Å²) >= 11 is 0.977. The van der Waals surface area contributed by atoms with Crippen molar-refractivity contribution in [2.24, 2.45) is 0 Å². The van der Waals surface area contributed by atoms with Gasteiger partial charge in [-0.2, -0.15) is 4.31 Å². The molecule has 1 fully saturated rings. The van der Waals surface area contributed by atoms with Gasteiger partial charge in [0.1, 0.15) is 0 Å². The number of hydrogen-bond acceptors (Lipinski definition) is 6. The van der Waals surface area contributed by atoms with Crippen molar-refractivity contribution in [1.82, 2.24) is 9.29 Å². The summed E-state index contributed by atoms with van der Waals surface area (Å²) in [5.41, 5.74) is 5.93. The molecular formula is C8H13N3O3S3. The predicted molar refractivity (Wildman–Crippen MR) is 67.9 cm³/mol. The third-order valence-electron chi connectivity index (χ3n) is 2.48. The van der Waals surface area contributed by atoms with Gasteiger partial charge in [0.05, 0.1) is 5.69 Å². The molecule has 0 unspecified atom stereocenters. The number of aryl methyl sites for hydroxylation is 1. The summed E-state index contributed by atoms with van der Waals surface area (Å²) in [6.07, 6.45) is 0. The molecule has 1 aromatic rings. The molecular weight excluding hydrogens is 282 g/mol. The summed E-state index contributed by atoms with van der Waals surface area (Å²) in [6.45, 7) is 2.22. The fraction of sp³-hybridized carbons (Fsp3) is 0.625. The van der Waals surface area contributed by atoms with Crippen LogP contribution in [-0.4, -0.2) is 46.5 Å². The third kappa shape index (κ3) is 2.51. The van der Waals surface area contributed by atoms with Crippen LogP contribution in [0.3, 0.4) is 0 Å². The monoisotopic (exact) mass is 295 g/mol. The molecule has 0 spiro atoms. The van der Waals surface area contributed by atoms with Gasteiger partial charge < -0.3 is 5.73 Å². The molecule has 2 rings (SSSR count). The van der Waals surface area contributed by atoms with Crippen molar-refractivity contribution in [2.45, 2.75) is 11.1 Å². The highest BCUT2D eigenvalue weighted by Gasteiger charge is 2.31. The number of nitrogens with two attached hydrogens (primary N) is 1. The van der Waals surface area contributed by atoms with Gasteiger partial charge in [-0.3, -0.25) is 4.21 Å². The maximum Gasteiger partial charge on any atom is 0.254 e. The summed E-state index contributed by atoms with van der Waals surface area (Å²) in [5, 5.41) is 0.252. The number of hydrogen-bond donors (Lipinski definition) is 1. The highest BCUT2D eigenvalue weighted by molar-refractivity contribution is 7.91. The molecule has 0 aliphatic carbocycles. The maximum atomic E-state index is 12.3. The topological polar surface area (TPSA) is 93.4 Å². The smallest absolute Gasteiger partial charge is 0.254 e. The Hall–Kier alpha value is -0.510. The van der Waals surface area contributed by atoms with Gasteiger partial charge in [0.15, 0.2) is 9.34 Å². The van der Waals surface area contributed by atoms with E-state index in [9.17, 15) is 12.6 Å². The van der Waals surface area contributed by atoms with Crippen molar-refractivity contribution in [1.29, 1.82) is 0 Å². The Balaban J connectivity index is 2.30. The Morgan fingerprint density at radius 1 is 1.41 bits per heavy atom. The molecule has 1 saturated heterocycles. The summed E-state index contributed by atoms with van der Waals surface area (Å²) in [5.74, 6) is 0.791. The lowest BCUT2D eigenvalue weighted by molar-refractivity contribution is 0.439. The molecule has 2 N–H and O–H groups in total. The molecule has 0 saturated carbocycles. The molecule has 0 atom stereocenters. The standard InChI is InChI=1S/C8H13N3O3S3/c1-6-7(15-8(9)10-6)17(13,14)11-2-4-16(12)5-3-11/h2-5H2,1H3,(H2,9,10). The summed E-state index contributed by atoms with van der Waals surface area (Å²) < 4.78 is 37.3. The summed E-state index contributed by atoms with van der Waals surface area (Å²) in [6, 6.07) is 0. The fourth-order valence-corrected chi connectivity index (χ4v) is 5.78. The van der Waals surface area contributed by atoms with Gasteiger partial charge in [-0.1, -0.05) is 11.3 Å². The van der Waals surface area contributed by atoms with E-state index in [1.165, 1.54) is 4.31 Å². The van der Waals surface area contributed by atoms with E-state index < -0.39 is 20.8 Å². The van der Waals surface area contributed by atoms with Crippen LogP contribution in [0, 0.1) is 6.92 Å². The molecule has 96 valence electrons. The molecule has 0 amide bonds. The highest BCUT2D eigenvalue weighted by Crippen LogP contribution is 2.28. The van der Waals surface area contributed by atoms with Crippen molar-refractivity contribution in [2.75, 3.05) is 30.3 Å². The van der Waals surface area contributed by atoms with Crippen LogP contribution in [0.15, 0.2) is 4.21 Å². The lowest BCUT2D eigenvalue weighted by atomic mass is 10.6. The van der Waals surface area contributed by atoms with Crippen molar-refractivity contribution < 1.29 is 12.6 Å². The van der Waals surface area contributed by atoms with E-state index in [2.05, 4.69) is 4.98 Å². The maximum absolute atomic E-state index is 12.3. The Morgan fingerprint density at radius 2 is 2.00 bits per heavy atom. The normalized spacial score (nSPS) is 19.6. The Kier molecular flexibility index (Phi) is 3.53. The van der Waals surface area contributed by atoms with E-state index in [0.717, 1.165) is 11.3 Å². The van der Waals surface area contributed by atoms with Crippen molar-refractivity contribution in [3.8, 4) is 0 Å². The van der Waals surface area contributed by atoms with Gasteiger partial charge in [0.25, 0.3) is 10.0 Å². The molecule has 17 heavy (non-hydrogen) atoms. The van der Waals surface area contributed by atoms with Crippen molar-refractivity contribution in [3.05, 3.63) is 5.69 Å². The number of aromatic nitrogens is 1. The van der Waals surface area contributed by atoms with E-state index in [1.807, 2.05) is 0 Å². The first-order valence-electron chi connectivity index (χ1n) is 4.99. The molecule has 1 aliphatic rings. The zero-order valence-electron chi connectivity index (χ0n) is 9.25. The zero-order valence-corrected chi connectivity index (χ0v) is 11.7. The minimum atomic E-state index is -3.52. The van der Waals surface area contributed by atoms with Gasteiger partial charge in [-0.15, -0.1) is 0 Å². The van der Waals surface area contributed by atoms with Gasteiger partial charge in [-0.05, 0) is 6.92 Å². The Morgan fingerprint density at radius 3 is 2.47 bits per heavy atom. The van der Waals surface area contributed by atoms with E-state index in [-0.39, 0.29) is 9.34 Å². The van der Waals surface area contributed by atoms with Crippen LogP contribution in [-0.2, 0) is 20.8 Å². The molecule has 0 bridgehead atoms. The average Bonchev–Trinajstić information content (AvgIpc) is 2.59. The average molecular weight is 295 g/mol. The van der Waals surface area contributed by atoms with Crippen LogP contribution in [0.4, 0.5) is 5.13 Å². The first-order chi connectivity index (χ1) is 7.91. The molecule has 2 heterocycles. The van der Waals surface area contributed by atoms with Gasteiger partial charge >= 0.3 is 0 Å². The lowest BCUT2D eigenvalue weighted by Crippen LogP contribution is -2.41. The Labute approximate surface area is 106 Å². The van der Waals surface area contributed by atoms with E-state index in [1.54, 1.807) is 6.92 Å². The number of thiazole rings is 1. The second kappa shape index (κ2) is 4.63. The minimum Gasteiger partial charge on any atom is -0.375 e. The molecule has 1 aromatic heterocycles. The quantitative estimate of drug-likeness (QED) is 0.814. The molecule has 0 radical (unpaired) electrons. The molecule has 1 aliphatic heterocycles. The summed E-state index contributed by atoms with van der Waals surface area (Å²) in [7, 11) is -4.42.